The Hall–Kier alpha value is -5.31. The Morgan fingerprint density at radius 1 is 0.967 bits per heavy atom. The zero-order chi connectivity index (χ0) is 41.4. The molecule has 5 aromatic rings. The number of carbonyl (C=O) groups excluding carboxylic acids is 2. The Labute approximate surface area is 355 Å². The summed E-state index contributed by atoms with van der Waals surface area (Å²) in [5, 5.41) is 4.84. The summed E-state index contributed by atoms with van der Waals surface area (Å²) in [6, 6.07) is 21.3. The predicted octanol–water partition coefficient (Wildman–Crippen LogP) is 7.91. The molecule has 2 aromatic heterocycles. The van der Waals surface area contributed by atoms with Crippen LogP contribution < -0.4 is 25.4 Å². The number of benzene rings is 3. The summed E-state index contributed by atoms with van der Waals surface area (Å²) in [4.78, 5) is 39.4. The van der Waals surface area contributed by atoms with E-state index in [2.05, 4.69) is 41.9 Å². The van der Waals surface area contributed by atoms with Crippen molar-refractivity contribution in [2.24, 2.45) is 17.3 Å². The van der Waals surface area contributed by atoms with Crippen LogP contribution in [0.2, 0.25) is 5.02 Å². The minimum Gasteiger partial charge on any atom is -0.455 e. The number of rotatable bonds is 12. The van der Waals surface area contributed by atoms with Crippen LogP contribution in [0.25, 0.3) is 11.0 Å². The summed E-state index contributed by atoms with van der Waals surface area (Å²) >= 11 is 6.24. The van der Waals surface area contributed by atoms with Crippen LogP contribution in [0.3, 0.4) is 0 Å². The van der Waals surface area contributed by atoms with Crippen molar-refractivity contribution in [2.45, 2.75) is 62.3 Å². The zero-order valence-electron chi connectivity index (χ0n) is 33.4. The lowest BCUT2D eigenvalue weighted by Crippen LogP contribution is -2.63. The third-order valence-electron chi connectivity index (χ3n) is 12.9. The fourth-order valence-corrected chi connectivity index (χ4v) is 10.7. The number of nitrogens with one attached hydrogen (secondary N) is 3. The number of likely N-dealkylation sites (tertiary alicyclic amines) is 1. The number of nitrogens with zero attached hydrogens (tertiary/aromatic N) is 3. The predicted molar refractivity (Wildman–Crippen MR) is 232 cm³/mol. The van der Waals surface area contributed by atoms with Crippen LogP contribution in [-0.2, 0) is 19.6 Å². The van der Waals surface area contributed by atoms with E-state index in [0.29, 0.717) is 47.0 Å². The maximum atomic E-state index is 13.9. The number of ether oxygens (including phenoxy) is 2. The molecule has 15 heteroatoms. The highest BCUT2D eigenvalue weighted by molar-refractivity contribution is 7.90. The molecule has 3 aliphatic heterocycles. The quantitative estimate of drug-likeness (QED) is 0.0714. The van der Waals surface area contributed by atoms with Gasteiger partial charge < -0.3 is 35.3 Å². The van der Waals surface area contributed by atoms with E-state index >= 15 is 0 Å². The van der Waals surface area contributed by atoms with Crippen molar-refractivity contribution >= 4 is 61.5 Å². The molecule has 5 heterocycles. The third kappa shape index (κ3) is 8.00. The van der Waals surface area contributed by atoms with Crippen molar-refractivity contribution in [2.75, 3.05) is 55.3 Å². The Morgan fingerprint density at radius 3 is 2.48 bits per heavy atom. The minimum atomic E-state index is -4.31. The van der Waals surface area contributed by atoms with Crippen molar-refractivity contribution < 1.29 is 27.5 Å². The number of aromatic amines is 1. The summed E-state index contributed by atoms with van der Waals surface area (Å²) in [7, 11) is -4.31. The van der Waals surface area contributed by atoms with E-state index in [1.165, 1.54) is 12.1 Å². The molecule has 1 spiro atoms. The van der Waals surface area contributed by atoms with Gasteiger partial charge >= 0.3 is 0 Å². The van der Waals surface area contributed by atoms with Gasteiger partial charge in [0.15, 0.2) is 0 Å². The average molecular weight is 852 g/mol. The van der Waals surface area contributed by atoms with E-state index in [1.54, 1.807) is 36.7 Å². The molecule has 3 saturated heterocycles. The van der Waals surface area contributed by atoms with Gasteiger partial charge in [0.25, 0.3) is 15.9 Å². The van der Waals surface area contributed by atoms with Crippen LogP contribution >= 0.6 is 11.6 Å². The summed E-state index contributed by atoms with van der Waals surface area (Å²) in [6.45, 7) is 4.33. The first-order valence-corrected chi connectivity index (χ1v) is 22.8. The van der Waals surface area contributed by atoms with Gasteiger partial charge in [0.2, 0.25) is 5.91 Å². The summed E-state index contributed by atoms with van der Waals surface area (Å²) in [5.74, 6) is 0.782. The van der Waals surface area contributed by atoms with E-state index in [0.717, 1.165) is 94.3 Å². The fourth-order valence-electron chi connectivity index (χ4n) is 9.62. The maximum Gasteiger partial charge on any atom is 0.268 e. The van der Waals surface area contributed by atoms with Gasteiger partial charge in [0.1, 0.15) is 17.1 Å². The molecular formula is C45H50ClN7O6S. The summed E-state index contributed by atoms with van der Waals surface area (Å²) < 4.78 is 41.2. The van der Waals surface area contributed by atoms with Crippen molar-refractivity contribution in [3.63, 3.8) is 0 Å². The maximum absolute atomic E-state index is 13.9. The number of hydrogen-bond donors (Lipinski definition) is 4. The van der Waals surface area contributed by atoms with Crippen molar-refractivity contribution in [1.82, 2.24) is 19.6 Å². The molecule has 0 radical (unpaired) electrons. The van der Waals surface area contributed by atoms with Gasteiger partial charge in [-0.1, -0.05) is 36.6 Å². The fraction of sp³-hybridized carbons (Fsp3) is 0.400. The van der Waals surface area contributed by atoms with Crippen LogP contribution in [-0.4, -0.2) is 74.5 Å². The smallest absolute Gasteiger partial charge is 0.268 e. The van der Waals surface area contributed by atoms with E-state index in [9.17, 15) is 18.0 Å². The summed E-state index contributed by atoms with van der Waals surface area (Å²) in [5.41, 5.74) is 9.61. The number of amides is 2. The number of nitrogen functional groups attached to an aromatic ring is 1. The van der Waals surface area contributed by atoms with E-state index in [-0.39, 0.29) is 39.3 Å². The standard InChI is InChI=1S/C45H50ClN7O6S/c46-33-5-3-31(4-6-33)41-45(16-1-2-17-45)44(55)53(41)28-30-12-19-52(20-13-30)34-7-9-37(40(24-34)59-35-23-32-11-18-48-42(32)50-27-35)43(54)51-60(56,57)36-8-10-39(38(47)25-36)49-26-29-14-21-58-22-15-29/h3-11,18,23-25,27,29-30,41,49H,1-2,12-17,19-22,26,28,47H2,(H,48,50)(H,51,54). The number of anilines is 3. The highest BCUT2D eigenvalue weighted by atomic mass is 35.5. The molecule has 1 aliphatic carbocycles. The number of piperidine rings is 1. The highest BCUT2D eigenvalue weighted by Crippen LogP contribution is 2.59. The molecule has 3 aromatic carbocycles. The number of sulfonamides is 1. The van der Waals surface area contributed by atoms with Gasteiger partial charge in [0.05, 0.1) is 39.5 Å². The lowest BCUT2D eigenvalue weighted by atomic mass is 9.66. The Kier molecular flexibility index (Phi) is 11.1. The lowest BCUT2D eigenvalue weighted by Gasteiger charge is -2.56. The molecule has 13 nitrogen and oxygen atoms in total. The van der Waals surface area contributed by atoms with Gasteiger partial charge in [-0.2, -0.15) is 0 Å². The zero-order valence-corrected chi connectivity index (χ0v) is 34.9. The number of aromatic nitrogens is 2. The van der Waals surface area contributed by atoms with Crippen LogP contribution in [0.15, 0.2) is 90.1 Å². The van der Waals surface area contributed by atoms with Crippen LogP contribution in [0.5, 0.6) is 11.5 Å². The van der Waals surface area contributed by atoms with E-state index < -0.39 is 15.9 Å². The first-order valence-electron chi connectivity index (χ1n) is 20.9. The van der Waals surface area contributed by atoms with Gasteiger partial charge in [-0.25, -0.2) is 18.1 Å². The molecular weight excluding hydrogens is 802 g/mol. The van der Waals surface area contributed by atoms with Crippen LogP contribution in [0, 0.1) is 17.3 Å². The third-order valence-corrected chi connectivity index (χ3v) is 14.5. The largest absolute Gasteiger partial charge is 0.455 e. The van der Waals surface area contributed by atoms with Gasteiger partial charge in [-0.3, -0.25) is 9.59 Å². The number of nitrogens with two attached hydrogens (primary N) is 1. The molecule has 0 bridgehead atoms. The lowest BCUT2D eigenvalue weighted by molar-refractivity contribution is -0.174. The summed E-state index contributed by atoms with van der Waals surface area (Å²) in [6.07, 6.45) is 11.0. The van der Waals surface area contributed by atoms with E-state index in [4.69, 9.17) is 26.8 Å². The molecule has 1 saturated carbocycles. The second-order valence-corrected chi connectivity index (χ2v) is 18.8. The molecule has 314 valence electrons. The van der Waals surface area contributed by atoms with Gasteiger partial charge in [0, 0.05) is 67.8 Å². The molecule has 1 atom stereocenters. The number of pyridine rings is 1. The molecule has 1 unspecified atom stereocenters. The van der Waals surface area contributed by atoms with Crippen molar-refractivity contribution in [3.8, 4) is 11.5 Å². The minimum absolute atomic E-state index is 0.0412. The van der Waals surface area contributed by atoms with Crippen LogP contribution in [0.4, 0.5) is 17.1 Å². The molecule has 60 heavy (non-hydrogen) atoms. The number of H-pyrrole nitrogens is 1. The number of hydrogen-bond acceptors (Lipinski definition) is 10. The topological polar surface area (TPSA) is 172 Å². The molecule has 4 fully saturated rings. The normalized spacial score (nSPS) is 19.8. The monoisotopic (exact) mass is 851 g/mol. The SMILES string of the molecule is Nc1cc(S(=O)(=O)NC(=O)c2ccc(N3CCC(CN4C(=O)C5(CCCC5)C4c4ccc(Cl)cc4)CC3)cc2Oc2cnc3[nH]ccc3c2)ccc1NCC1CCOCC1. The van der Waals surface area contributed by atoms with E-state index in [1.807, 2.05) is 24.3 Å². The van der Waals surface area contributed by atoms with Gasteiger partial charge in [-0.15, -0.1) is 0 Å². The Balaban J connectivity index is 0.902. The van der Waals surface area contributed by atoms with Gasteiger partial charge in [-0.05, 0) is 111 Å². The average Bonchev–Trinajstić information content (AvgIpc) is 3.96. The number of β-lactam (4-membered cyclic amide) rings is 1. The molecule has 4 aliphatic rings. The second-order valence-electron chi connectivity index (χ2n) is 16.7. The first-order chi connectivity index (χ1) is 29.1. The number of carbonyl (C=O) groups is 2. The molecule has 9 rings (SSSR count). The number of halogens is 1. The van der Waals surface area contributed by atoms with Crippen molar-refractivity contribution in [3.05, 3.63) is 101 Å². The second kappa shape index (κ2) is 16.6. The van der Waals surface area contributed by atoms with Crippen molar-refractivity contribution in [1.29, 1.82) is 0 Å². The Morgan fingerprint density at radius 2 is 1.73 bits per heavy atom. The number of fused-ring (bicyclic) bond motifs is 1. The molecule has 5 N–H and O–H groups in total. The first kappa shape index (κ1) is 40.1. The highest BCUT2D eigenvalue weighted by Gasteiger charge is 2.61. The molecule has 2 amide bonds. The Bertz CT molecular complexity index is 2490. The van der Waals surface area contributed by atoms with Crippen LogP contribution in [0.1, 0.15) is 73.3 Å².